The minimum absolute atomic E-state index is 0.0954. The maximum atomic E-state index is 12.2. The summed E-state index contributed by atoms with van der Waals surface area (Å²) in [4.78, 5) is 16.5. The van der Waals surface area contributed by atoms with Gasteiger partial charge < -0.3 is 14.3 Å². The molecule has 5 nitrogen and oxygen atoms in total. The molecule has 0 unspecified atom stereocenters. The average molecular weight is 261 g/mol. The molecule has 1 N–H and O–H groups in total. The van der Waals surface area contributed by atoms with Gasteiger partial charge >= 0.3 is 0 Å². The van der Waals surface area contributed by atoms with Crippen molar-refractivity contribution in [1.29, 1.82) is 0 Å². The average Bonchev–Trinajstić information content (AvgIpc) is 2.97. The number of hydrogen-bond acceptors (Lipinski definition) is 3. The van der Waals surface area contributed by atoms with E-state index >= 15 is 0 Å². The maximum absolute atomic E-state index is 12.2. The third kappa shape index (κ3) is 2.86. The molecule has 0 saturated carbocycles. The van der Waals surface area contributed by atoms with E-state index in [4.69, 9.17) is 4.42 Å². The molecular weight excluding hydrogens is 242 g/mol. The monoisotopic (exact) mass is 261 g/mol. The predicted molar refractivity (Wildman–Crippen MR) is 71.8 cm³/mol. The summed E-state index contributed by atoms with van der Waals surface area (Å²) < 4.78 is 7.14. The Morgan fingerprint density at radius 1 is 1.58 bits per heavy atom. The fourth-order valence-electron chi connectivity index (χ4n) is 2.10. The van der Waals surface area contributed by atoms with E-state index in [1.54, 1.807) is 12.3 Å². The predicted octanol–water partition coefficient (Wildman–Crippen LogP) is 2.59. The first kappa shape index (κ1) is 13.4. The lowest BCUT2D eigenvalue weighted by Crippen LogP contribution is -2.30. The number of nitrogens with zero attached hydrogens (tertiary/aromatic N) is 2. The number of carbonyl (C=O) groups excluding carboxylic acids is 1. The SMILES string of the molecule is CCC[C@@H](NC(=O)c1occc1C)c1nccn1C. The lowest BCUT2D eigenvalue weighted by atomic mass is 10.1. The molecule has 1 amide bonds. The molecule has 2 aromatic rings. The fourth-order valence-corrected chi connectivity index (χ4v) is 2.10. The van der Waals surface area contributed by atoms with Gasteiger partial charge in [-0.15, -0.1) is 0 Å². The Balaban J connectivity index is 2.16. The van der Waals surface area contributed by atoms with Crippen LogP contribution < -0.4 is 5.32 Å². The first-order chi connectivity index (χ1) is 9.13. The van der Waals surface area contributed by atoms with Crippen molar-refractivity contribution in [2.45, 2.75) is 32.7 Å². The summed E-state index contributed by atoms with van der Waals surface area (Å²) in [6.07, 6.45) is 6.95. The van der Waals surface area contributed by atoms with Crippen molar-refractivity contribution in [2.24, 2.45) is 7.05 Å². The van der Waals surface area contributed by atoms with Gasteiger partial charge in [0.25, 0.3) is 5.91 Å². The zero-order valence-electron chi connectivity index (χ0n) is 11.5. The minimum Gasteiger partial charge on any atom is -0.459 e. The van der Waals surface area contributed by atoms with Gasteiger partial charge in [0.05, 0.1) is 12.3 Å². The van der Waals surface area contributed by atoms with Crippen LogP contribution in [0.1, 0.15) is 47.7 Å². The molecule has 0 aliphatic rings. The van der Waals surface area contributed by atoms with Gasteiger partial charge in [-0.25, -0.2) is 4.98 Å². The summed E-state index contributed by atoms with van der Waals surface area (Å²) in [6.45, 7) is 3.94. The molecule has 2 heterocycles. The number of rotatable bonds is 5. The molecule has 0 saturated heterocycles. The number of hydrogen-bond donors (Lipinski definition) is 1. The van der Waals surface area contributed by atoms with Gasteiger partial charge in [0.2, 0.25) is 0 Å². The highest BCUT2D eigenvalue weighted by Gasteiger charge is 2.21. The summed E-state index contributed by atoms with van der Waals surface area (Å²) in [7, 11) is 1.93. The molecule has 0 spiro atoms. The summed E-state index contributed by atoms with van der Waals surface area (Å²) in [5.74, 6) is 1.04. The zero-order chi connectivity index (χ0) is 13.8. The molecule has 2 rings (SSSR count). The van der Waals surface area contributed by atoms with Crippen molar-refractivity contribution in [3.8, 4) is 0 Å². The van der Waals surface area contributed by atoms with Crippen molar-refractivity contribution in [3.63, 3.8) is 0 Å². The standard InChI is InChI=1S/C14H19N3O2/c1-4-5-11(13-15-7-8-17(13)3)16-14(18)12-10(2)6-9-19-12/h6-9,11H,4-5H2,1-3H3,(H,16,18)/t11-/m1/s1. The van der Waals surface area contributed by atoms with Crippen LogP contribution in [0.15, 0.2) is 29.1 Å². The fraction of sp³-hybridized carbons (Fsp3) is 0.429. The molecule has 0 radical (unpaired) electrons. The number of aryl methyl sites for hydroxylation is 2. The van der Waals surface area contributed by atoms with Crippen LogP contribution in [0, 0.1) is 6.92 Å². The topological polar surface area (TPSA) is 60.1 Å². The van der Waals surface area contributed by atoms with Crippen molar-refractivity contribution >= 4 is 5.91 Å². The number of carbonyl (C=O) groups is 1. The maximum Gasteiger partial charge on any atom is 0.287 e. The summed E-state index contributed by atoms with van der Waals surface area (Å²) in [5.41, 5.74) is 0.840. The second-order valence-electron chi connectivity index (χ2n) is 4.64. The highest BCUT2D eigenvalue weighted by Crippen LogP contribution is 2.18. The van der Waals surface area contributed by atoms with Crippen LogP contribution in [0.5, 0.6) is 0 Å². The van der Waals surface area contributed by atoms with E-state index in [1.165, 1.54) is 6.26 Å². The lowest BCUT2D eigenvalue weighted by molar-refractivity contribution is 0.0903. The van der Waals surface area contributed by atoms with Crippen LogP contribution in [0.3, 0.4) is 0 Å². The Morgan fingerprint density at radius 3 is 2.89 bits per heavy atom. The number of furan rings is 1. The van der Waals surface area contributed by atoms with Crippen LogP contribution in [0.25, 0.3) is 0 Å². The van der Waals surface area contributed by atoms with Gasteiger partial charge in [0.1, 0.15) is 5.82 Å². The quantitative estimate of drug-likeness (QED) is 0.900. The zero-order valence-corrected chi connectivity index (χ0v) is 11.5. The first-order valence-electron chi connectivity index (χ1n) is 6.45. The Morgan fingerprint density at radius 2 is 2.37 bits per heavy atom. The van der Waals surface area contributed by atoms with Crippen LogP contribution in [0.2, 0.25) is 0 Å². The van der Waals surface area contributed by atoms with Gasteiger partial charge in [-0.1, -0.05) is 13.3 Å². The van der Waals surface area contributed by atoms with E-state index in [-0.39, 0.29) is 11.9 Å². The largest absolute Gasteiger partial charge is 0.459 e. The Hall–Kier alpha value is -2.04. The Kier molecular flexibility index (Phi) is 4.04. The second kappa shape index (κ2) is 5.73. The molecule has 102 valence electrons. The molecule has 2 aromatic heterocycles. The molecule has 0 fully saturated rings. The van der Waals surface area contributed by atoms with Crippen molar-refractivity contribution < 1.29 is 9.21 Å². The van der Waals surface area contributed by atoms with E-state index in [0.717, 1.165) is 24.2 Å². The number of amides is 1. The van der Waals surface area contributed by atoms with Gasteiger partial charge in [0.15, 0.2) is 5.76 Å². The lowest BCUT2D eigenvalue weighted by Gasteiger charge is -2.17. The van der Waals surface area contributed by atoms with E-state index in [2.05, 4.69) is 17.2 Å². The van der Waals surface area contributed by atoms with E-state index < -0.39 is 0 Å². The summed E-state index contributed by atoms with van der Waals surface area (Å²) >= 11 is 0. The molecule has 1 atom stereocenters. The first-order valence-corrected chi connectivity index (χ1v) is 6.45. The van der Waals surface area contributed by atoms with Crippen LogP contribution in [-0.2, 0) is 7.05 Å². The molecule has 0 aliphatic carbocycles. The second-order valence-corrected chi connectivity index (χ2v) is 4.64. The van der Waals surface area contributed by atoms with Gasteiger partial charge in [-0.3, -0.25) is 4.79 Å². The van der Waals surface area contributed by atoms with Gasteiger partial charge in [-0.2, -0.15) is 0 Å². The molecule has 19 heavy (non-hydrogen) atoms. The highest BCUT2D eigenvalue weighted by molar-refractivity contribution is 5.93. The normalized spacial score (nSPS) is 12.4. The van der Waals surface area contributed by atoms with Crippen LogP contribution in [-0.4, -0.2) is 15.5 Å². The van der Waals surface area contributed by atoms with Crippen LogP contribution in [0.4, 0.5) is 0 Å². The minimum atomic E-state index is -0.191. The van der Waals surface area contributed by atoms with Crippen LogP contribution >= 0.6 is 0 Å². The van der Waals surface area contributed by atoms with Crippen molar-refractivity contribution in [2.75, 3.05) is 0 Å². The molecule has 5 heteroatoms. The van der Waals surface area contributed by atoms with E-state index in [9.17, 15) is 4.79 Å². The number of imidazole rings is 1. The van der Waals surface area contributed by atoms with Gasteiger partial charge in [0, 0.05) is 25.0 Å². The highest BCUT2D eigenvalue weighted by atomic mass is 16.3. The summed E-state index contributed by atoms with van der Waals surface area (Å²) in [5, 5.41) is 2.99. The smallest absolute Gasteiger partial charge is 0.287 e. The molecule has 0 aliphatic heterocycles. The Bertz CT molecular complexity index is 557. The third-order valence-electron chi connectivity index (χ3n) is 3.12. The molecular formula is C14H19N3O2. The number of aromatic nitrogens is 2. The molecule has 0 aromatic carbocycles. The van der Waals surface area contributed by atoms with Crippen molar-refractivity contribution in [3.05, 3.63) is 41.9 Å². The molecule has 0 bridgehead atoms. The Labute approximate surface area is 112 Å². The van der Waals surface area contributed by atoms with E-state index in [0.29, 0.717) is 5.76 Å². The van der Waals surface area contributed by atoms with Crippen molar-refractivity contribution in [1.82, 2.24) is 14.9 Å². The third-order valence-corrected chi connectivity index (χ3v) is 3.12. The number of nitrogens with one attached hydrogen (secondary N) is 1. The van der Waals surface area contributed by atoms with Gasteiger partial charge in [-0.05, 0) is 19.4 Å². The van der Waals surface area contributed by atoms with E-state index in [1.807, 2.05) is 24.7 Å². The summed E-state index contributed by atoms with van der Waals surface area (Å²) in [6, 6.07) is 1.69.